The van der Waals surface area contributed by atoms with Gasteiger partial charge in [0.2, 0.25) is 11.9 Å². The highest BCUT2D eigenvalue weighted by Gasteiger charge is 2.62. The van der Waals surface area contributed by atoms with Gasteiger partial charge in [-0.25, -0.2) is 9.59 Å². The molecule has 0 saturated carbocycles. The van der Waals surface area contributed by atoms with Gasteiger partial charge >= 0.3 is 17.9 Å². The first kappa shape index (κ1) is 19.5. The van der Waals surface area contributed by atoms with Crippen LogP contribution in [0.25, 0.3) is 0 Å². The van der Waals surface area contributed by atoms with Crippen LogP contribution in [0.5, 0.6) is 0 Å². The molecule has 1 fully saturated rings. The van der Waals surface area contributed by atoms with Crippen molar-refractivity contribution in [3.05, 3.63) is 12.3 Å². The Morgan fingerprint density at radius 2 is 2.12 bits per heavy atom. The fraction of sp³-hybridized carbons (Fsp3) is 0.714. The summed E-state index contributed by atoms with van der Waals surface area (Å²) in [5.74, 6) is -4.81. The maximum absolute atomic E-state index is 14.1. The number of aliphatic hydroxyl groups excluding tert-OH is 2. The molecule has 25 heavy (non-hydrogen) atoms. The van der Waals surface area contributed by atoms with Crippen molar-refractivity contribution in [2.45, 2.75) is 56.4 Å². The van der Waals surface area contributed by atoms with E-state index >= 15 is 0 Å². The molecule has 2 aliphatic heterocycles. The highest BCUT2D eigenvalue weighted by Crippen LogP contribution is 2.38. The van der Waals surface area contributed by atoms with Crippen molar-refractivity contribution in [3.63, 3.8) is 0 Å². The van der Waals surface area contributed by atoms with E-state index in [4.69, 9.17) is 20.3 Å². The van der Waals surface area contributed by atoms with Crippen molar-refractivity contribution in [1.29, 1.82) is 0 Å². The van der Waals surface area contributed by atoms with E-state index in [1.807, 2.05) is 0 Å². The zero-order valence-electron chi connectivity index (χ0n) is 13.9. The number of esters is 1. The number of ether oxygens (including phenoxy) is 2. The van der Waals surface area contributed by atoms with E-state index in [1.165, 1.54) is 0 Å². The Bertz CT molecular complexity index is 594. The van der Waals surface area contributed by atoms with Crippen molar-refractivity contribution < 1.29 is 38.1 Å². The van der Waals surface area contributed by atoms with Gasteiger partial charge in [0.15, 0.2) is 6.10 Å². The molecule has 142 valence electrons. The molecule has 0 aliphatic carbocycles. The lowest BCUT2D eigenvalue weighted by atomic mass is 10.1. The van der Waals surface area contributed by atoms with Crippen molar-refractivity contribution >= 4 is 12.0 Å². The zero-order valence-corrected chi connectivity index (χ0v) is 13.9. The number of rotatable bonds is 3. The van der Waals surface area contributed by atoms with Gasteiger partial charge in [0.1, 0.15) is 11.7 Å². The largest absolute Gasteiger partial charge is 0.457 e. The molecule has 4 atom stereocenters. The number of urea groups is 1. The summed E-state index contributed by atoms with van der Waals surface area (Å²) >= 11 is 0. The topological polar surface area (TPSA) is 134 Å². The van der Waals surface area contributed by atoms with Crippen LogP contribution in [0.15, 0.2) is 12.3 Å². The van der Waals surface area contributed by atoms with E-state index < -0.39 is 54.2 Å². The Labute approximate surface area is 142 Å². The molecule has 2 aliphatic rings. The van der Waals surface area contributed by atoms with Gasteiger partial charge in [-0.05, 0) is 26.8 Å². The summed E-state index contributed by atoms with van der Waals surface area (Å²) in [4.78, 5) is 24.7. The second-order valence-electron chi connectivity index (χ2n) is 6.85. The normalized spacial score (nSPS) is 34.8. The molecular weight excluding hydrogens is 344 g/mol. The van der Waals surface area contributed by atoms with Gasteiger partial charge in [0.25, 0.3) is 0 Å². The summed E-state index contributed by atoms with van der Waals surface area (Å²) < 4.78 is 38.2. The van der Waals surface area contributed by atoms with Crippen molar-refractivity contribution in [1.82, 2.24) is 10.2 Å². The lowest BCUT2D eigenvalue weighted by molar-refractivity contribution is -0.162. The lowest BCUT2D eigenvalue weighted by Crippen LogP contribution is -2.67. The van der Waals surface area contributed by atoms with Crippen molar-refractivity contribution in [2.24, 2.45) is 5.73 Å². The summed E-state index contributed by atoms with van der Waals surface area (Å²) in [6.07, 6.45) is -4.19. The average Bonchev–Trinajstić information content (AvgIpc) is 2.68. The Hall–Kier alpha value is -1.82. The predicted octanol–water partition coefficient (Wildman–Crippen LogP) is -0.765. The Kier molecular flexibility index (Phi) is 4.81. The molecular formula is C14H21F2N3O6. The second kappa shape index (κ2) is 6.16. The Morgan fingerprint density at radius 1 is 1.52 bits per heavy atom. The standard InChI is InChI=1S/C14H21F2N3O6/c1-12(2,3)25-10(22)13(17)4-5-19(11(23)18-13)9-14(15,16)8(21)7(6-20)24-9/h4-5,7-9,20-21H,6,17H2,1-3H3,(H,18,23)/t7-,8-,9-,13?/m1/s1. The zero-order chi connectivity index (χ0) is 19.2. The number of nitrogens with one attached hydrogen (secondary N) is 1. The van der Waals surface area contributed by atoms with Crippen LogP contribution in [0.4, 0.5) is 13.6 Å². The first-order valence-corrected chi connectivity index (χ1v) is 7.46. The summed E-state index contributed by atoms with van der Waals surface area (Å²) in [5, 5.41) is 20.6. The monoisotopic (exact) mass is 365 g/mol. The molecule has 0 aromatic heterocycles. The van der Waals surface area contributed by atoms with Crippen LogP contribution in [0.1, 0.15) is 20.8 Å². The number of hydrogen-bond acceptors (Lipinski definition) is 7. The van der Waals surface area contributed by atoms with E-state index in [9.17, 15) is 23.5 Å². The van der Waals surface area contributed by atoms with E-state index in [-0.39, 0.29) is 0 Å². The molecule has 1 unspecified atom stereocenters. The molecule has 2 heterocycles. The molecule has 2 rings (SSSR count). The van der Waals surface area contributed by atoms with Gasteiger partial charge < -0.3 is 25.0 Å². The lowest BCUT2D eigenvalue weighted by Gasteiger charge is -2.37. The number of alkyl halides is 2. The maximum Gasteiger partial charge on any atom is 0.351 e. The SMILES string of the molecule is CC(C)(C)OC(=O)C1(N)C=CN([C@@H]2O[C@H](CO)[C@@H](O)C2(F)F)C(=O)N1. The second-order valence-corrected chi connectivity index (χ2v) is 6.85. The van der Waals surface area contributed by atoms with Crippen molar-refractivity contribution in [2.75, 3.05) is 6.61 Å². The number of carbonyl (C=O) groups excluding carboxylic acids is 2. The Morgan fingerprint density at radius 3 is 2.56 bits per heavy atom. The third-order valence-corrected chi connectivity index (χ3v) is 3.59. The smallest absolute Gasteiger partial charge is 0.351 e. The molecule has 2 amide bonds. The summed E-state index contributed by atoms with van der Waals surface area (Å²) in [7, 11) is 0. The highest BCUT2D eigenvalue weighted by molar-refractivity contribution is 5.91. The summed E-state index contributed by atoms with van der Waals surface area (Å²) in [5.41, 5.74) is 2.86. The first-order valence-electron chi connectivity index (χ1n) is 7.46. The van der Waals surface area contributed by atoms with Crippen LogP contribution in [0, 0.1) is 0 Å². The minimum atomic E-state index is -3.84. The molecule has 0 spiro atoms. The summed E-state index contributed by atoms with van der Waals surface area (Å²) in [6.45, 7) is 3.93. The Balaban J connectivity index is 2.22. The number of halogens is 2. The number of aliphatic hydroxyl groups is 2. The van der Waals surface area contributed by atoms with Gasteiger partial charge in [-0.15, -0.1) is 0 Å². The van der Waals surface area contributed by atoms with Crippen LogP contribution in [-0.2, 0) is 14.3 Å². The molecule has 11 heteroatoms. The number of amides is 2. The number of carbonyl (C=O) groups is 2. The quantitative estimate of drug-likeness (QED) is 0.483. The molecule has 5 N–H and O–H groups in total. The third-order valence-electron chi connectivity index (χ3n) is 3.59. The molecule has 0 aromatic rings. The van der Waals surface area contributed by atoms with Crippen molar-refractivity contribution in [3.8, 4) is 0 Å². The van der Waals surface area contributed by atoms with Gasteiger partial charge in [-0.2, -0.15) is 8.78 Å². The van der Waals surface area contributed by atoms with Gasteiger partial charge in [-0.3, -0.25) is 10.6 Å². The number of nitrogens with two attached hydrogens (primary N) is 1. The highest BCUT2D eigenvalue weighted by atomic mass is 19.3. The third kappa shape index (κ3) is 3.59. The summed E-state index contributed by atoms with van der Waals surface area (Å²) in [6, 6.07) is -1.15. The van der Waals surface area contributed by atoms with Crippen LogP contribution in [0.3, 0.4) is 0 Å². The minimum absolute atomic E-state index is 0.453. The number of hydrogen-bond donors (Lipinski definition) is 4. The van der Waals surface area contributed by atoms with Crippen LogP contribution in [-0.4, -0.2) is 69.3 Å². The van der Waals surface area contributed by atoms with E-state index in [1.54, 1.807) is 20.8 Å². The average molecular weight is 365 g/mol. The minimum Gasteiger partial charge on any atom is -0.457 e. The predicted molar refractivity (Wildman–Crippen MR) is 79.0 cm³/mol. The fourth-order valence-electron chi connectivity index (χ4n) is 2.33. The van der Waals surface area contributed by atoms with Gasteiger partial charge in [0, 0.05) is 6.20 Å². The van der Waals surface area contributed by atoms with Crippen LogP contribution in [0.2, 0.25) is 0 Å². The fourth-order valence-corrected chi connectivity index (χ4v) is 2.33. The molecule has 1 saturated heterocycles. The molecule has 0 aromatic carbocycles. The van der Waals surface area contributed by atoms with Crippen LogP contribution < -0.4 is 11.1 Å². The molecule has 0 bridgehead atoms. The van der Waals surface area contributed by atoms with Gasteiger partial charge in [-0.1, -0.05) is 0 Å². The first-order chi connectivity index (χ1) is 11.3. The maximum atomic E-state index is 14.1. The molecule has 9 nitrogen and oxygen atoms in total. The molecule has 0 radical (unpaired) electrons. The van der Waals surface area contributed by atoms with Gasteiger partial charge in [0.05, 0.1) is 6.61 Å². The van der Waals surface area contributed by atoms with E-state index in [0.29, 0.717) is 4.90 Å². The van der Waals surface area contributed by atoms with Crippen LogP contribution >= 0.6 is 0 Å². The number of nitrogens with zero attached hydrogens (tertiary/aromatic N) is 1. The van der Waals surface area contributed by atoms with E-state index in [0.717, 1.165) is 12.3 Å². The van der Waals surface area contributed by atoms with E-state index in [2.05, 4.69) is 5.32 Å².